The molecule has 10 rings (SSSR count). The fraction of sp³-hybridized carbons (Fsp3) is 0.0196. The number of pyridine rings is 1. The molecule has 4 heteroatoms. The highest BCUT2D eigenvalue weighted by molar-refractivity contribution is 5.97. The molecule has 0 atom stereocenters. The van der Waals surface area contributed by atoms with E-state index in [2.05, 4.69) is 151 Å². The lowest BCUT2D eigenvalue weighted by Crippen LogP contribution is -2.28. The van der Waals surface area contributed by atoms with E-state index in [9.17, 15) is 0 Å². The van der Waals surface area contributed by atoms with Gasteiger partial charge in [-0.2, -0.15) is 0 Å². The smallest absolute Gasteiger partial charge is 0.164 e. The Morgan fingerprint density at radius 3 is 1.42 bits per heavy atom. The third kappa shape index (κ3) is 5.55. The average Bonchev–Trinajstić information content (AvgIpc) is 3.58. The minimum Gasteiger partial charge on any atom is -0.256 e. The quantitative estimate of drug-likeness (QED) is 0.166. The van der Waals surface area contributed by atoms with Gasteiger partial charge in [-0.25, -0.2) is 15.0 Å². The van der Waals surface area contributed by atoms with Crippen LogP contribution in [0.25, 0.3) is 67.7 Å². The fourth-order valence-corrected chi connectivity index (χ4v) is 8.21. The first-order valence-corrected chi connectivity index (χ1v) is 18.6. The number of hydrogen-bond acceptors (Lipinski definition) is 4. The van der Waals surface area contributed by atoms with E-state index in [1.54, 1.807) is 0 Å². The third-order valence-electron chi connectivity index (χ3n) is 10.7. The Kier molecular flexibility index (Phi) is 8.00. The maximum absolute atomic E-state index is 5.30. The number of aromatic nitrogens is 4. The van der Waals surface area contributed by atoms with Crippen LogP contribution >= 0.6 is 0 Å². The molecule has 0 saturated carbocycles. The van der Waals surface area contributed by atoms with Gasteiger partial charge in [-0.05, 0) is 68.8 Å². The van der Waals surface area contributed by atoms with Crippen LogP contribution in [-0.2, 0) is 5.41 Å². The van der Waals surface area contributed by atoms with Gasteiger partial charge in [0.25, 0.3) is 0 Å². The van der Waals surface area contributed by atoms with Gasteiger partial charge in [-0.15, -0.1) is 0 Å². The van der Waals surface area contributed by atoms with Crippen LogP contribution in [0.4, 0.5) is 0 Å². The monoisotopic (exact) mass is 702 g/mol. The van der Waals surface area contributed by atoms with Gasteiger partial charge in [-0.1, -0.05) is 176 Å². The molecule has 0 saturated heterocycles. The van der Waals surface area contributed by atoms with Crippen LogP contribution in [0.5, 0.6) is 0 Å². The number of fused-ring (bicyclic) bond motifs is 3. The molecule has 0 bridgehead atoms. The van der Waals surface area contributed by atoms with E-state index in [4.69, 9.17) is 15.0 Å². The first-order valence-electron chi connectivity index (χ1n) is 18.6. The van der Waals surface area contributed by atoms with Gasteiger partial charge in [0.05, 0.1) is 11.1 Å². The summed E-state index contributed by atoms with van der Waals surface area (Å²) in [4.78, 5) is 20.3. The summed E-state index contributed by atoms with van der Waals surface area (Å²) in [6.45, 7) is 0. The molecule has 9 aromatic rings. The molecule has 55 heavy (non-hydrogen) atoms. The van der Waals surface area contributed by atoms with Crippen molar-refractivity contribution in [3.05, 3.63) is 229 Å². The van der Waals surface area contributed by atoms with Gasteiger partial charge >= 0.3 is 0 Å². The summed E-state index contributed by atoms with van der Waals surface area (Å²) in [6.07, 6.45) is 1.84. The summed E-state index contributed by atoms with van der Waals surface area (Å²) in [5.74, 6) is 1.89. The van der Waals surface area contributed by atoms with E-state index in [-0.39, 0.29) is 0 Å². The number of benzene rings is 7. The summed E-state index contributed by atoms with van der Waals surface area (Å²) in [5.41, 5.74) is 13.5. The Morgan fingerprint density at radius 2 is 0.836 bits per heavy atom. The van der Waals surface area contributed by atoms with Crippen molar-refractivity contribution < 1.29 is 0 Å². The van der Waals surface area contributed by atoms with Crippen molar-refractivity contribution in [2.24, 2.45) is 0 Å². The van der Waals surface area contributed by atoms with Crippen LogP contribution in [0, 0.1) is 0 Å². The molecule has 0 N–H and O–H groups in total. The maximum Gasteiger partial charge on any atom is 0.164 e. The Bertz CT molecular complexity index is 2670. The van der Waals surface area contributed by atoms with Gasteiger partial charge in [-0.3, -0.25) is 4.98 Å². The molecule has 4 nitrogen and oxygen atoms in total. The largest absolute Gasteiger partial charge is 0.256 e. The molecule has 0 fully saturated rings. The molecule has 0 amide bonds. The summed E-state index contributed by atoms with van der Waals surface area (Å²) in [5, 5.41) is 0. The molecule has 258 valence electrons. The standard InChI is InChI=1S/C51H34N4/c1-5-17-37(18-6-1)48-53-49(38-19-7-2-8-20-38)55-50(54-48)43-33-39(35-28-30-36(31-29-35)46-27-15-16-32-52-46)34-45-47(43)42-25-13-14-26-44(42)51(45,40-21-9-3-10-22-40)41-23-11-4-12-24-41/h1-34H. The first kappa shape index (κ1) is 32.4. The second kappa shape index (κ2) is 13.6. The van der Waals surface area contributed by atoms with Crippen LogP contribution in [0.3, 0.4) is 0 Å². The predicted molar refractivity (Wildman–Crippen MR) is 222 cm³/mol. The number of rotatable bonds is 7. The van der Waals surface area contributed by atoms with E-state index >= 15 is 0 Å². The van der Waals surface area contributed by atoms with Crippen LogP contribution < -0.4 is 0 Å². The molecule has 0 aliphatic heterocycles. The first-order chi connectivity index (χ1) is 27.3. The van der Waals surface area contributed by atoms with Crippen LogP contribution in [0.2, 0.25) is 0 Å². The molecule has 1 aliphatic rings. The lowest BCUT2D eigenvalue weighted by atomic mass is 9.67. The zero-order valence-electron chi connectivity index (χ0n) is 29.9. The molecular formula is C51H34N4. The molecule has 2 heterocycles. The normalized spacial score (nSPS) is 12.5. The summed E-state index contributed by atoms with van der Waals surface area (Å²) < 4.78 is 0. The van der Waals surface area contributed by atoms with Crippen molar-refractivity contribution in [3.8, 4) is 67.7 Å². The number of nitrogens with zero attached hydrogens (tertiary/aromatic N) is 4. The average molecular weight is 703 g/mol. The Hall–Kier alpha value is -7.30. The summed E-state index contributed by atoms with van der Waals surface area (Å²) in [7, 11) is 0. The van der Waals surface area contributed by atoms with Crippen molar-refractivity contribution >= 4 is 0 Å². The second-order valence-electron chi connectivity index (χ2n) is 13.8. The van der Waals surface area contributed by atoms with E-state index in [0.29, 0.717) is 17.5 Å². The highest BCUT2D eigenvalue weighted by atomic mass is 15.0. The molecule has 0 spiro atoms. The molecular weight excluding hydrogens is 669 g/mol. The van der Waals surface area contributed by atoms with E-state index < -0.39 is 5.41 Å². The molecule has 7 aromatic carbocycles. The molecule has 1 aliphatic carbocycles. The van der Waals surface area contributed by atoms with Gasteiger partial charge in [0.1, 0.15) is 0 Å². The topological polar surface area (TPSA) is 51.6 Å². The van der Waals surface area contributed by atoms with E-state index in [1.165, 1.54) is 27.8 Å². The van der Waals surface area contributed by atoms with Gasteiger partial charge in [0, 0.05) is 28.5 Å². The van der Waals surface area contributed by atoms with E-state index in [1.807, 2.05) is 60.8 Å². The predicted octanol–water partition coefficient (Wildman–Crippen LogP) is 12.0. The van der Waals surface area contributed by atoms with Crippen molar-refractivity contribution in [3.63, 3.8) is 0 Å². The Morgan fingerprint density at radius 1 is 0.327 bits per heavy atom. The van der Waals surface area contributed by atoms with Crippen molar-refractivity contribution in [2.45, 2.75) is 5.41 Å². The molecule has 2 aromatic heterocycles. The second-order valence-corrected chi connectivity index (χ2v) is 13.8. The maximum atomic E-state index is 5.30. The highest BCUT2D eigenvalue weighted by Gasteiger charge is 2.47. The van der Waals surface area contributed by atoms with E-state index in [0.717, 1.165) is 44.6 Å². The minimum absolute atomic E-state index is 0.606. The van der Waals surface area contributed by atoms with Crippen molar-refractivity contribution in [2.75, 3.05) is 0 Å². The van der Waals surface area contributed by atoms with Crippen molar-refractivity contribution in [1.29, 1.82) is 0 Å². The lowest BCUT2D eigenvalue weighted by molar-refractivity contribution is 0.769. The fourth-order valence-electron chi connectivity index (χ4n) is 8.21. The molecule has 0 unspecified atom stereocenters. The number of hydrogen-bond donors (Lipinski definition) is 0. The zero-order valence-corrected chi connectivity index (χ0v) is 29.9. The van der Waals surface area contributed by atoms with Gasteiger partial charge < -0.3 is 0 Å². The Labute approximate surface area is 320 Å². The summed E-state index contributed by atoms with van der Waals surface area (Å²) >= 11 is 0. The van der Waals surface area contributed by atoms with Crippen LogP contribution in [0.15, 0.2) is 206 Å². The van der Waals surface area contributed by atoms with Crippen LogP contribution in [-0.4, -0.2) is 19.9 Å². The molecule has 0 radical (unpaired) electrons. The lowest BCUT2D eigenvalue weighted by Gasteiger charge is -2.34. The zero-order chi connectivity index (χ0) is 36.6. The third-order valence-corrected chi connectivity index (χ3v) is 10.7. The Balaban J connectivity index is 1.31. The highest BCUT2D eigenvalue weighted by Crippen LogP contribution is 2.59. The van der Waals surface area contributed by atoms with Crippen LogP contribution in [0.1, 0.15) is 22.3 Å². The van der Waals surface area contributed by atoms with Gasteiger partial charge in [0.15, 0.2) is 17.5 Å². The SMILES string of the molecule is c1ccc(-c2nc(-c3ccccc3)nc(-c3cc(-c4ccc(-c5ccccn5)cc4)cc4c3-c3ccccc3C4(c3ccccc3)c3ccccc3)n2)cc1. The van der Waals surface area contributed by atoms with Gasteiger partial charge in [0.2, 0.25) is 0 Å². The summed E-state index contributed by atoms with van der Waals surface area (Å²) in [6, 6.07) is 70.4. The van der Waals surface area contributed by atoms with Crippen molar-refractivity contribution in [1.82, 2.24) is 19.9 Å². The minimum atomic E-state index is -0.606.